The summed E-state index contributed by atoms with van der Waals surface area (Å²) < 4.78 is 2.31. The second-order valence-electron chi connectivity index (χ2n) is 9.27. The Morgan fingerprint density at radius 3 is 1.65 bits per heavy atom. The molecule has 3 nitrogen and oxygen atoms in total. The van der Waals surface area contributed by atoms with Crippen molar-refractivity contribution >= 4 is 17.3 Å². The molecule has 0 N–H and O–H groups in total. The average Bonchev–Trinajstić information content (AvgIpc) is 3.41. The number of imidazole rings is 1. The number of hydrogen-bond donors (Lipinski definition) is 0. The first kappa shape index (κ1) is 22.7. The van der Waals surface area contributed by atoms with Crippen LogP contribution in [-0.4, -0.2) is 15.8 Å². The van der Waals surface area contributed by atoms with E-state index in [1.165, 1.54) is 0 Å². The monoisotopic (exact) mass is 478 g/mol. The van der Waals surface area contributed by atoms with Gasteiger partial charge in [-0.05, 0) is 46.4 Å². The molecular formula is C34H26N2O. The van der Waals surface area contributed by atoms with Gasteiger partial charge in [0.2, 0.25) is 0 Å². The Morgan fingerprint density at radius 1 is 0.649 bits per heavy atom. The fourth-order valence-corrected chi connectivity index (χ4v) is 5.50. The first-order chi connectivity index (χ1) is 18.2. The highest BCUT2D eigenvalue weighted by Gasteiger charge is 2.39. The van der Waals surface area contributed by atoms with Crippen molar-refractivity contribution in [1.29, 1.82) is 0 Å². The van der Waals surface area contributed by atoms with Crippen LogP contribution in [0.2, 0.25) is 0 Å². The van der Waals surface area contributed by atoms with Crippen molar-refractivity contribution in [2.45, 2.75) is 12.5 Å². The van der Waals surface area contributed by atoms with Crippen molar-refractivity contribution in [1.82, 2.24) is 9.55 Å². The van der Waals surface area contributed by atoms with Crippen LogP contribution in [0.4, 0.5) is 0 Å². The van der Waals surface area contributed by atoms with Gasteiger partial charge in [0, 0.05) is 5.56 Å². The third-order valence-electron chi connectivity index (χ3n) is 7.27. The van der Waals surface area contributed by atoms with Crippen LogP contribution in [0.15, 0.2) is 134 Å². The molecule has 0 spiro atoms. The number of aryl methyl sites for hydroxylation is 1. The Kier molecular flexibility index (Phi) is 5.74. The van der Waals surface area contributed by atoms with Crippen LogP contribution in [0.25, 0.3) is 22.2 Å². The summed E-state index contributed by atoms with van der Waals surface area (Å²) in [7, 11) is 0. The Balaban J connectivity index is 1.66. The molecular weight excluding hydrogens is 452 g/mol. The van der Waals surface area contributed by atoms with Gasteiger partial charge in [0.05, 0.1) is 17.4 Å². The highest BCUT2D eigenvalue weighted by molar-refractivity contribution is 5.88. The first-order valence-electron chi connectivity index (χ1n) is 12.4. The van der Waals surface area contributed by atoms with Gasteiger partial charge in [0.25, 0.3) is 0 Å². The van der Waals surface area contributed by atoms with E-state index in [-0.39, 0.29) is 0 Å². The molecule has 0 radical (unpaired) electrons. The van der Waals surface area contributed by atoms with Gasteiger partial charge in [0.15, 0.2) is 0 Å². The van der Waals surface area contributed by atoms with Gasteiger partial charge in [-0.1, -0.05) is 121 Å². The molecule has 6 aromatic rings. The van der Waals surface area contributed by atoms with Crippen molar-refractivity contribution in [3.05, 3.63) is 162 Å². The van der Waals surface area contributed by atoms with Crippen LogP contribution in [0.5, 0.6) is 0 Å². The molecule has 0 atom stereocenters. The van der Waals surface area contributed by atoms with E-state index in [2.05, 4.69) is 115 Å². The lowest BCUT2D eigenvalue weighted by molar-refractivity contribution is 0.112. The molecule has 1 heterocycles. The molecule has 1 aromatic heterocycles. The van der Waals surface area contributed by atoms with Crippen molar-refractivity contribution in [2.75, 3.05) is 0 Å². The Labute approximate surface area is 216 Å². The van der Waals surface area contributed by atoms with Crippen molar-refractivity contribution in [3.8, 4) is 11.1 Å². The molecule has 0 aliphatic carbocycles. The largest absolute Gasteiger partial charge is 0.312 e. The Morgan fingerprint density at radius 2 is 1.16 bits per heavy atom. The van der Waals surface area contributed by atoms with Gasteiger partial charge < -0.3 is 4.57 Å². The fourth-order valence-electron chi connectivity index (χ4n) is 5.50. The minimum atomic E-state index is -0.613. The summed E-state index contributed by atoms with van der Waals surface area (Å²) in [6.07, 6.45) is 2.85. The summed E-state index contributed by atoms with van der Waals surface area (Å²) in [5.41, 5.74) is 8.86. The second-order valence-corrected chi connectivity index (χ2v) is 9.27. The van der Waals surface area contributed by atoms with E-state index in [4.69, 9.17) is 4.98 Å². The third-order valence-corrected chi connectivity index (χ3v) is 7.27. The molecule has 0 fully saturated rings. The normalized spacial score (nSPS) is 11.5. The first-order valence-corrected chi connectivity index (χ1v) is 12.4. The Hall–Kier alpha value is -4.76. The van der Waals surface area contributed by atoms with E-state index in [9.17, 15) is 4.79 Å². The predicted octanol–water partition coefficient (Wildman–Crippen LogP) is 7.66. The number of carbonyl (C=O) groups excluding carboxylic acids is 1. The summed E-state index contributed by atoms with van der Waals surface area (Å²) >= 11 is 0. The quantitative estimate of drug-likeness (QED) is 0.182. The average molecular weight is 479 g/mol. The number of nitrogens with zero attached hydrogens (tertiary/aromatic N) is 2. The van der Waals surface area contributed by atoms with Crippen LogP contribution >= 0.6 is 0 Å². The van der Waals surface area contributed by atoms with Gasteiger partial charge in [-0.15, -0.1) is 0 Å². The zero-order valence-electron chi connectivity index (χ0n) is 20.6. The van der Waals surface area contributed by atoms with Gasteiger partial charge >= 0.3 is 0 Å². The highest BCUT2D eigenvalue weighted by atomic mass is 16.1. The van der Waals surface area contributed by atoms with Crippen LogP contribution in [0, 0.1) is 6.92 Å². The van der Waals surface area contributed by atoms with Gasteiger partial charge in [-0.3, -0.25) is 4.79 Å². The zero-order valence-corrected chi connectivity index (χ0v) is 20.6. The maximum atomic E-state index is 11.1. The van der Waals surface area contributed by atoms with Crippen LogP contribution in [0.1, 0.15) is 32.6 Å². The third kappa shape index (κ3) is 3.68. The standard InChI is InChI=1S/C34H26N2O/c1-25-31(27-19-17-26(23-37)18-20-27)21-22-32-33(25)35-24-36(32)34(28-11-5-2-6-12-28,29-13-7-3-8-14-29)30-15-9-4-10-16-30/h2-24H,1H3. The highest BCUT2D eigenvalue weighted by Crippen LogP contribution is 2.43. The summed E-state index contributed by atoms with van der Waals surface area (Å²) in [6.45, 7) is 2.12. The molecule has 0 saturated carbocycles. The Bertz CT molecular complexity index is 1570. The molecule has 37 heavy (non-hydrogen) atoms. The SMILES string of the molecule is Cc1c(-c2ccc(C=O)cc2)ccc2c1ncn2C(c1ccccc1)(c1ccccc1)c1ccccc1. The minimum absolute atomic E-state index is 0.613. The minimum Gasteiger partial charge on any atom is -0.312 e. The molecule has 6 rings (SSSR count). The van der Waals surface area contributed by atoms with Crippen LogP contribution < -0.4 is 0 Å². The number of benzene rings is 5. The maximum absolute atomic E-state index is 11.1. The van der Waals surface area contributed by atoms with E-state index < -0.39 is 5.54 Å². The summed E-state index contributed by atoms with van der Waals surface area (Å²) in [6, 6.07) is 44.0. The van der Waals surface area contributed by atoms with E-state index in [1.807, 2.05) is 30.6 Å². The van der Waals surface area contributed by atoms with E-state index in [0.717, 1.165) is 50.7 Å². The van der Waals surface area contributed by atoms with Gasteiger partial charge in [-0.25, -0.2) is 4.98 Å². The lowest BCUT2D eigenvalue weighted by atomic mass is 9.76. The number of aromatic nitrogens is 2. The molecule has 5 aromatic carbocycles. The summed E-state index contributed by atoms with van der Waals surface area (Å²) in [5.74, 6) is 0. The van der Waals surface area contributed by atoms with Crippen LogP contribution in [0.3, 0.4) is 0 Å². The van der Waals surface area contributed by atoms with Crippen LogP contribution in [-0.2, 0) is 5.54 Å². The number of hydrogen-bond acceptors (Lipinski definition) is 2. The topological polar surface area (TPSA) is 34.9 Å². The molecule has 0 unspecified atom stereocenters. The second kappa shape index (κ2) is 9.36. The lowest BCUT2D eigenvalue weighted by Gasteiger charge is -2.38. The van der Waals surface area contributed by atoms with Crippen molar-refractivity contribution in [2.24, 2.45) is 0 Å². The number of aldehydes is 1. The van der Waals surface area contributed by atoms with Crippen molar-refractivity contribution in [3.63, 3.8) is 0 Å². The summed E-state index contributed by atoms with van der Waals surface area (Å²) in [5, 5.41) is 0. The molecule has 0 saturated heterocycles. The summed E-state index contributed by atoms with van der Waals surface area (Å²) in [4.78, 5) is 16.1. The fraction of sp³-hybridized carbons (Fsp3) is 0.0588. The van der Waals surface area contributed by atoms with E-state index in [1.54, 1.807) is 0 Å². The van der Waals surface area contributed by atoms with E-state index >= 15 is 0 Å². The molecule has 178 valence electrons. The maximum Gasteiger partial charge on any atom is 0.150 e. The van der Waals surface area contributed by atoms with Gasteiger partial charge in [0.1, 0.15) is 11.8 Å². The zero-order chi connectivity index (χ0) is 25.2. The molecule has 0 amide bonds. The molecule has 0 bridgehead atoms. The lowest BCUT2D eigenvalue weighted by Crippen LogP contribution is -2.37. The van der Waals surface area contributed by atoms with Crippen molar-refractivity contribution < 1.29 is 4.79 Å². The van der Waals surface area contributed by atoms with E-state index in [0.29, 0.717) is 5.56 Å². The predicted molar refractivity (Wildman–Crippen MR) is 150 cm³/mol. The smallest absolute Gasteiger partial charge is 0.150 e. The molecule has 3 heteroatoms. The number of rotatable bonds is 6. The van der Waals surface area contributed by atoms with Gasteiger partial charge in [-0.2, -0.15) is 0 Å². The number of fused-ring (bicyclic) bond motifs is 1. The molecule has 0 aliphatic heterocycles. The number of carbonyl (C=O) groups is 1. The molecule has 0 aliphatic rings.